The first-order chi connectivity index (χ1) is 9.45. The molecular weight excluding hydrogens is 270 g/mol. The van der Waals surface area contributed by atoms with Crippen LogP contribution in [-0.4, -0.2) is 9.97 Å². The van der Waals surface area contributed by atoms with Crippen LogP contribution in [0.1, 0.15) is 49.8 Å². The van der Waals surface area contributed by atoms with E-state index >= 15 is 0 Å². The van der Waals surface area contributed by atoms with Crippen LogP contribution in [0.25, 0.3) is 0 Å². The number of nitrogens with zero attached hydrogens (tertiary/aromatic N) is 2. The minimum Gasteiger partial charge on any atom is -0.363 e. The Morgan fingerprint density at radius 1 is 1.10 bits per heavy atom. The number of hydrogen-bond acceptors (Lipinski definition) is 3. The van der Waals surface area contributed by atoms with Gasteiger partial charge >= 0.3 is 0 Å². The van der Waals surface area contributed by atoms with E-state index in [4.69, 9.17) is 11.6 Å². The molecule has 0 spiro atoms. The number of hydrogen-bond donors (Lipinski definition) is 1. The van der Waals surface area contributed by atoms with E-state index in [1.165, 1.54) is 0 Å². The zero-order chi connectivity index (χ0) is 14.7. The van der Waals surface area contributed by atoms with Crippen molar-refractivity contribution >= 4 is 17.4 Å². The standard InChI is InChI=1S/C16H20ClN3/c1-10(2)16-18-11(3)8-15(20-16)19-12(4)13-6-5-7-14(17)9-13/h5-10,12H,1-4H3,(H,18,19,20). The molecule has 1 aromatic heterocycles. The van der Waals surface area contributed by atoms with Crippen molar-refractivity contribution in [3.8, 4) is 0 Å². The second kappa shape index (κ2) is 6.23. The number of anilines is 1. The van der Waals surface area contributed by atoms with Crippen LogP contribution in [0.4, 0.5) is 5.82 Å². The summed E-state index contributed by atoms with van der Waals surface area (Å²) in [7, 11) is 0. The molecule has 20 heavy (non-hydrogen) atoms. The average molecular weight is 290 g/mol. The second-order valence-corrected chi connectivity index (χ2v) is 5.76. The van der Waals surface area contributed by atoms with Gasteiger partial charge in [0.25, 0.3) is 0 Å². The minimum atomic E-state index is 0.142. The summed E-state index contributed by atoms with van der Waals surface area (Å²) in [6.45, 7) is 8.28. The van der Waals surface area contributed by atoms with E-state index in [0.717, 1.165) is 27.9 Å². The maximum Gasteiger partial charge on any atom is 0.133 e. The lowest BCUT2D eigenvalue weighted by molar-refractivity contribution is 0.761. The molecule has 0 saturated carbocycles. The van der Waals surface area contributed by atoms with Gasteiger partial charge in [-0.1, -0.05) is 37.6 Å². The molecule has 1 unspecified atom stereocenters. The summed E-state index contributed by atoms with van der Waals surface area (Å²) < 4.78 is 0. The van der Waals surface area contributed by atoms with Gasteiger partial charge in [0.1, 0.15) is 11.6 Å². The SMILES string of the molecule is Cc1cc(NC(C)c2cccc(Cl)c2)nc(C(C)C)n1. The predicted octanol–water partition coefficient (Wildman–Crippen LogP) is 4.73. The Hall–Kier alpha value is -1.61. The Kier molecular flexibility index (Phi) is 4.61. The highest BCUT2D eigenvalue weighted by Crippen LogP contribution is 2.22. The maximum atomic E-state index is 6.03. The summed E-state index contributed by atoms with van der Waals surface area (Å²) in [4.78, 5) is 9.02. The van der Waals surface area contributed by atoms with Gasteiger partial charge < -0.3 is 5.32 Å². The van der Waals surface area contributed by atoms with Crippen molar-refractivity contribution in [2.24, 2.45) is 0 Å². The number of aromatic nitrogens is 2. The zero-order valence-electron chi connectivity index (χ0n) is 12.3. The Balaban J connectivity index is 2.21. The van der Waals surface area contributed by atoms with E-state index < -0.39 is 0 Å². The second-order valence-electron chi connectivity index (χ2n) is 5.33. The van der Waals surface area contributed by atoms with Crippen LogP contribution >= 0.6 is 11.6 Å². The predicted molar refractivity (Wildman–Crippen MR) is 84.3 cm³/mol. The van der Waals surface area contributed by atoms with E-state index in [9.17, 15) is 0 Å². The van der Waals surface area contributed by atoms with E-state index in [-0.39, 0.29) is 6.04 Å². The molecule has 106 valence electrons. The summed E-state index contributed by atoms with van der Waals surface area (Å²) in [5.74, 6) is 2.04. The third-order valence-electron chi connectivity index (χ3n) is 3.10. The van der Waals surface area contributed by atoms with Crippen LogP contribution in [-0.2, 0) is 0 Å². The van der Waals surface area contributed by atoms with Gasteiger partial charge in [-0.15, -0.1) is 0 Å². The fourth-order valence-electron chi connectivity index (χ4n) is 2.00. The van der Waals surface area contributed by atoms with E-state index in [1.54, 1.807) is 0 Å². The summed E-state index contributed by atoms with van der Waals surface area (Å²) in [6.07, 6.45) is 0. The van der Waals surface area contributed by atoms with Crippen molar-refractivity contribution in [1.29, 1.82) is 0 Å². The Morgan fingerprint density at radius 2 is 1.85 bits per heavy atom. The first-order valence-electron chi connectivity index (χ1n) is 6.83. The quantitative estimate of drug-likeness (QED) is 0.884. The molecule has 1 aromatic carbocycles. The number of benzene rings is 1. The van der Waals surface area contributed by atoms with Gasteiger partial charge in [0.15, 0.2) is 0 Å². The fraction of sp³-hybridized carbons (Fsp3) is 0.375. The Labute approximate surface area is 125 Å². The highest BCUT2D eigenvalue weighted by Gasteiger charge is 2.10. The lowest BCUT2D eigenvalue weighted by Gasteiger charge is -2.16. The zero-order valence-corrected chi connectivity index (χ0v) is 13.1. The van der Waals surface area contributed by atoms with E-state index in [2.05, 4.69) is 42.1 Å². The number of aryl methyl sites for hydroxylation is 1. The van der Waals surface area contributed by atoms with Crippen molar-refractivity contribution in [3.63, 3.8) is 0 Å². The number of nitrogens with one attached hydrogen (secondary N) is 1. The fourth-order valence-corrected chi connectivity index (χ4v) is 2.20. The van der Waals surface area contributed by atoms with Crippen molar-refractivity contribution in [1.82, 2.24) is 9.97 Å². The smallest absolute Gasteiger partial charge is 0.133 e. The number of halogens is 1. The molecule has 0 saturated heterocycles. The van der Waals surface area contributed by atoms with Gasteiger partial charge in [0.05, 0.1) is 0 Å². The molecule has 0 aliphatic heterocycles. The molecule has 0 amide bonds. The summed E-state index contributed by atoms with van der Waals surface area (Å²) in [5, 5.41) is 4.16. The summed E-state index contributed by atoms with van der Waals surface area (Å²) in [6, 6.07) is 9.97. The molecule has 0 aliphatic carbocycles. The van der Waals surface area contributed by atoms with Crippen LogP contribution < -0.4 is 5.32 Å². The Bertz CT molecular complexity index is 596. The average Bonchev–Trinajstić information content (AvgIpc) is 2.37. The topological polar surface area (TPSA) is 37.8 Å². The molecule has 2 aromatic rings. The van der Waals surface area contributed by atoms with Gasteiger partial charge in [-0.05, 0) is 31.5 Å². The van der Waals surface area contributed by atoms with Crippen LogP contribution in [0, 0.1) is 6.92 Å². The monoisotopic (exact) mass is 289 g/mol. The first kappa shape index (κ1) is 14.8. The molecule has 2 rings (SSSR count). The van der Waals surface area contributed by atoms with Gasteiger partial charge in [-0.2, -0.15) is 0 Å². The molecule has 0 radical (unpaired) electrons. The molecule has 1 atom stereocenters. The largest absolute Gasteiger partial charge is 0.363 e. The number of rotatable bonds is 4. The highest BCUT2D eigenvalue weighted by molar-refractivity contribution is 6.30. The third-order valence-corrected chi connectivity index (χ3v) is 3.34. The van der Waals surface area contributed by atoms with Crippen molar-refractivity contribution in [2.45, 2.75) is 39.7 Å². The molecule has 0 fully saturated rings. The minimum absolute atomic E-state index is 0.142. The molecule has 4 heteroatoms. The van der Waals surface area contributed by atoms with Crippen molar-refractivity contribution in [2.75, 3.05) is 5.32 Å². The van der Waals surface area contributed by atoms with Crippen LogP contribution in [0.2, 0.25) is 5.02 Å². The molecule has 1 N–H and O–H groups in total. The normalized spacial score (nSPS) is 12.5. The van der Waals surface area contributed by atoms with Crippen LogP contribution in [0.15, 0.2) is 30.3 Å². The molecule has 3 nitrogen and oxygen atoms in total. The van der Waals surface area contributed by atoms with E-state index in [0.29, 0.717) is 5.92 Å². The van der Waals surface area contributed by atoms with Crippen LogP contribution in [0.3, 0.4) is 0 Å². The highest BCUT2D eigenvalue weighted by atomic mass is 35.5. The third kappa shape index (κ3) is 3.70. The first-order valence-corrected chi connectivity index (χ1v) is 7.21. The summed E-state index contributed by atoms with van der Waals surface area (Å²) in [5.41, 5.74) is 2.12. The van der Waals surface area contributed by atoms with Gasteiger partial charge in [0, 0.05) is 28.7 Å². The van der Waals surface area contributed by atoms with Crippen molar-refractivity contribution < 1.29 is 0 Å². The van der Waals surface area contributed by atoms with Gasteiger partial charge in [0.2, 0.25) is 0 Å². The van der Waals surface area contributed by atoms with Gasteiger partial charge in [-0.3, -0.25) is 0 Å². The molecule has 0 bridgehead atoms. The lowest BCUT2D eigenvalue weighted by Crippen LogP contribution is -2.10. The van der Waals surface area contributed by atoms with Gasteiger partial charge in [-0.25, -0.2) is 9.97 Å². The summed E-state index contributed by atoms with van der Waals surface area (Å²) >= 11 is 6.03. The van der Waals surface area contributed by atoms with E-state index in [1.807, 2.05) is 31.2 Å². The molecule has 1 heterocycles. The lowest BCUT2D eigenvalue weighted by atomic mass is 10.1. The molecule has 0 aliphatic rings. The van der Waals surface area contributed by atoms with Crippen molar-refractivity contribution in [3.05, 3.63) is 52.4 Å². The molecular formula is C16H20ClN3. The van der Waals surface area contributed by atoms with Crippen LogP contribution in [0.5, 0.6) is 0 Å². The Morgan fingerprint density at radius 3 is 2.50 bits per heavy atom. The maximum absolute atomic E-state index is 6.03.